The van der Waals surface area contributed by atoms with Crippen LogP contribution in [-0.2, 0) is 16.4 Å². The Balaban J connectivity index is 2.35. The highest BCUT2D eigenvalue weighted by molar-refractivity contribution is 7.89. The molecule has 0 radical (unpaired) electrons. The average Bonchev–Trinajstić information content (AvgIpc) is 2.48. The molecular weight excluding hydrogens is 290 g/mol. The number of hydrogen-bond acceptors (Lipinski definition) is 5. The minimum atomic E-state index is -3.53. The zero-order valence-electron chi connectivity index (χ0n) is 12.6. The van der Waals surface area contributed by atoms with Crippen LogP contribution in [0.2, 0.25) is 0 Å². The van der Waals surface area contributed by atoms with Gasteiger partial charge in [0.15, 0.2) is 0 Å². The molecule has 0 aromatic heterocycles. The molecule has 0 unspecified atom stereocenters. The maximum absolute atomic E-state index is 12.8. The van der Waals surface area contributed by atoms with Crippen molar-refractivity contribution < 1.29 is 13.2 Å². The molecule has 1 aliphatic heterocycles. The van der Waals surface area contributed by atoms with E-state index in [1.165, 1.54) is 11.4 Å². The summed E-state index contributed by atoms with van der Waals surface area (Å²) in [5, 5.41) is 0. The van der Waals surface area contributed by atoms with Crippen molar-refractivity contribution in [3.05, 3.63) is 23.8 Å². The molecular formula is C14H23N3O3S. The third-order valence-corrected chi connectivity index (χ3v) is 5.66. The molecule has 21 heavy (non-hydrogen) atoms. The molecule has 2 rings (SSSR count). The molecule has 1 aliphatic rings. The minimum Gasteiger partial charge on any atom is -0.495 e. The first-order valence-corrected chi connectivity index (χ1v) is 8.48. The van der Waals surface area contributed by atoms with Crippen LogP contribution in [0.3, 0.4) is 0 Å². The van der Waals surface area contributed by atoms with E-state index in [9.17, 15) is 8.42 Å². The number of hydrogen-bond donors (Lipinski definition) is 1. The van der Waals surface area contributed by atoms with Gasteiger partial charge in [0.05, 0.1) is 7.11 Å². The monoisotopic (exact) mass is 313 g/mol. The summed E-state index contributed by atoms with van der Waals surface area (Å²) in [4.78, 5) is 2.36. The van der Waals surface area contributed by atoms with Gasteiger partial charge < -0.3 is 15.4 Å². The van der Waals surface area contributed by atoms with Crippen molar-refractivity contribution >= 4 is 10.0 Å². The molecule has 2 N–H and O–H groups in total. The van der Waals surface area contributed by atoms with Gasteiger partial charge in [0.2, 0.25) is 10.0 Å². The molecule has 0 atom stereocenters. The number of piperazine rings is 1. The lowest BCUT2D eigenvalue weighted by molar-refractivity contribution is 0.222. The summed E-state index contributed by atoms with van der Waals surface area (Å²) in [5.74, 6) is 0.384. The number of benzene rings is 1. The largest absolute Gasteiger partial charge is 0.495 e. The third kappa shape index (κ3) is 3.55. The highest BCUT2D eigenvalue weighted by Crippen LogP contribution is 2.28. The SMILES string of the molecule is COc1ccc(CCN)cc1S(=O)(=O)N1CCN(C)CC1. The van der Waals surface area contributed by atoms with E-state index < -0.39 is 10.0 Å². The molecule has 0 aliphatic carbocycles. The Hall–Kier alpha value is -1.15. The summed E-state index contributed by atoms with van der Waals surface area (Å²) >= 11 is 0. The predicted molar refractivity (Wildman–Crippen MR) is 82.0 cm³/mol. The van der Waals surface area contributed by atoms with Crippen LogP contribution in [0.5, 0.6) is 5.75 Å². The summed E-state index contributed by atoms with van der Waals surface area (Å²) in [6, 6.07) is 5.24. The zero-order valence-corrected chi connectivity index (χ0v) is 13.4. The second-order valence-electron chi connectivity index (χ2n) is 5.23. The minimum absolute atomic E-state index is 0.237. The number of sulfonamides is 1. The topological polar surface area (TPSA) is 75.9 Å². The van der Waals surface area contributed by atoms with Crippen molar-refractivity contribution in [1.82, 2.24) is 9.21 Å². The van der Waals surface area contributed by atoms with Gasteiger partial charge in [-0.2, -0.15) is 4.31 Å². The van der Waals surface area contributed by atoms with E-state index in [1.807, 2.05) is 13.1 Å². The molecule has 1 aromatic carbocycles. The highest BCUT2D eigenvalue weighted by Gasteiger charge is 2.30. The van der Waals surface area contributed by atoms with E-state index in [0.29, 0.717) is 31.8 Å². The molecule has 118 valence electrons. The number of ether oxygens (including phenoxy) is 1. The van der Waals surface area contributed by atoms with Gasteiger partial charge in [-0.3, -0.25) is 0 Å². The fourth-order valence-electron chi connectivity index (χ4n) is 2.41. The average molecular weight is 313 g/mol. The second kappa shape index (κ2) is 6.74. The summed E-state index contributed by atoms with van der Waals surface area (Å²) < 4.78 is 32.4. The standard InChI is InChI=1S/C14H23N3O3S/c1-16-7-9-17(10-8-16)21(18,19)14-11-12(5-6-15)3-4-13(14)20-2/h3-4,11H,5-10,15H2,1-2H3. The normalized spacial score (nSPS) is 17.9. The lowest BCUT2D eigenvalue weighted by Gasteiger charge is -2.31. The summed E-state index contributed by atoms with van der Waals surface area (Å²) in [5.41, 5.74) is 6.46. The lowest BCUT2D eigenvalue weighted by Crippen LogP contribution is -2.47. The fraction of sp³-hybridized carbons (Fsp3) is 0.571. The van der Waals surface area contributed by atoms with Crippen molar-refractivity contribution in [3.8, 4) is 5.75 Å². The van der Waals surface area contributed by atoms with Gasteiger partial charge in [-0.05, 0) is 37.7 Å². The predicted octanol–water partition coefficient (Wildman–Crippen LogP) is 0.133. The molecule has 0 saturated carbocycles. The van der Waals surface area contributed by atoms with Crippen LogP contribution in [0.15, 0.2) is 23.1 Å². The van der Waals surface area contributed by atoms with Crippen molar-refractivity contribution in [2.24, 2.45) is 5.73 Å². The Morgan fingerprint density at radius 1 is 1.24 bits per heavy atom. The molecule has 6 nitrogen and oxygen atoms in total. The summed E-state index contributed by atoms with van der Waals surface area (Å²) in [6.07, 6.45) is 0.648. The summed E-state index contributed by atoms with van der Waals surface area (Å²) in [6.45, 7) is 2.97. The van der Waals surface area contributed by atoms with Gasteiger partial charge in [-0.25, -0.2) is 8.42 Å². The number of nitrogens with zero attached hydrogens (tertiary/aromatic N) is 2. The van der Waals surface area contributed by atoms with Crippen molar-refractivity contribution in [2.75, 3.05) is 46.9 Å². The van der Waals surface area contributed by atoms with E-state index >= 15 is 0 Å². The quantitative estimate of drug-likeness (QED) is 0.836. The van der Waals surface area contributed by atoms with E-state index in [2.05, 4.69) is 4.90 Å². The van der Waals surface area contributed by atoms with Crippen LogP contribution in [0.4, 0.5) is 0 Å². The molecule has 1 saturated heterocycles. The number of likely N-dealkylation sites (N-methyl/N-ethyl adjacent to an activating group) is 1. The van der Waals surface area contributed by atoms with E-state index in [1.54, 1.807) is 12.1 Å². The fourth-order valence-corrected chi connectivity index (χ4v) is 4.04. The van der Waals surface area contributed by atoms with Gasteiger partial charge in [0, 0.05) is 26.2 Å². The Bertz CT molecular complexity index is 581. The van der Waals surface area contributed by atoms with Crippen LogP contribution < -0.4 is 10.5 Å². The van der Waals surface area contributed by atoms with Crippen LogP contribution in [0, 0.1) is 0 Å². The molecule has 0 amide bonds. The maximum atomic E-state index is 12.8. The zero-order chi connectivity index (χ0) is 15.5. The maximum Gasteiger partial charge on any atom is 0.246 e. The van der Waals surface area contributed by atoms with Gasteiger partial charge >= 0.3 is 0 Å². The van der Waals surface area contributed by atoms with E-state index in [0.717, 1.165) is 18.7 Å². The number of methoxy groups -OCH3 is 1. The van der Waals surface area contributed by atoms with E-state index in [4.69, 9.17) is 10.5 Å². The van der Waals surface area contributed by atoms with Gasteiger partial charge in [0.1, 0.15) is 10.6 Å². The van der Waals surface area contributed by atoms with Gasteiger partial charge in [0.25, 0.3) is 0 Å². The molecule has 7 heteroatoms. The van der Waals surface area contributed by atoms with Gasteiger partial charge in [-0.15, -0.1) is 0 Å². The van der Waals surface area contributed by atoms with Crippen LogP contribution >= 0.6 is 0 Å². The molecule has 0 bridgehead atoms. The number of nitrogens with two attached hydrogens (primary N) is 1. The molecule has 1 fully saturated rings. The Morgan fingerprint density at radius 3 is 2.48 bits per heavy atom. The van der Waals surface area contributed by atoms with Crippen molar-refractivity contribution in [1.29, 1.82) is 0 Å². The smallest absolute Gasteiger partial charge is 0.246 e. The lowest BCUT2D eigenvalue weighted by atomic mass is 10.1. The molecule has 1 heterocycles. The van der Waals surface area contributed by atoms with Gasteiger partial charge in [-0.1, -0.05) is 6.07 Å². The second-order valence-corrected chi connectivity index (χ2v) is 7.14. The first kappa shape index (κ1) is 16.2. The Morgan fingerprint density at radius 2 is 1.90 bits per heavy atom. The summed E-state index contributed by atoms with van der Waals surface area (Å²) in [7, 11) is -0.0487. The van der Waals surface area contributed by atoms with Crippen LogP contribution in [-0.4, -0.2) is 64.5 Å². The van der Waals surface area contributed by atoms with Crippen LogP contribution in [0.1, 0.15) is 5.56 Å². The van der Waals surface area contributed by atoms with E-state index in [-0.39, 0.29) is 4.90 Å². The third-order valence-electron chi connectivity index (χ3n) is 3.74. The van der Waals surface area contributed by atoms with Crippen molar-refractivity contribution in [2.45, 2.75) is 11.3 Å². The Kier molecular flexibility index (Phi) is 5.21. The Labute approximate surface area is 126 Å². The van der Waals surface area contributed by atoms with Crippen molar-refractivity contribution in [3.63, 3.8) is 0 Å². The molecule has 0 spiro atoms. The number of rotatable bonds is 5. The first-order valence-electron chi connectivity index (χ1n) is 7.04. The first-order chi connectivity index (χ1) is 9.98. The highest BCUT2D eigenvalue weighted by atomic mass is 32.2. The van der Waals surface area contributed by atoms with Crippen LogP contribution in [0.25, 0.3) is 0 Å². The molecule has 1 aromatic rings.